The number of hydrogen-bond donors (Lipinski definition) is 0. The Morgan fingerprint density at radius 1 is 1.06 bits per heavy atom. The fourth-order valence-electron chi connectivity index (χ4n) is 1.83. The van der Waals surface area contributed by atoms with Gasteiger partial charge in [-0.2, -0.15) is 0 Å². The molecule has 1 atom stereocenters. The standard InChI is InChI=1S/C16H24OS/c1-3-4-5-6-7-8-13-18(17)14-16-11-9-15(2)10-12-16/h9-12,14H,2-8,13H2,1H3. The highest BCUT2D eigenvalue weighted by Crippen LogP contribution is 2.05. The second-order valence-corrected chi connectivity index (χ2v) is 6.12. The highest BCUT2D eigenvalue weighted by molar-refractivity contribution is 7.92. The van der Waals surface area contributed by atoms with Crippen LogP contribution < -0.4 is 10.4 Å². The molecular weight excluding hydrogens is 240 g/mol. The summed E-state index contributed by atoms with van der Waals surface area (Å²) in [6.07, 6.45) is 7.48. The lowest BCUT2D eigenvalue weighted by atomic mass is 10.1. The van der Waals surface area contributed by atoms with Gasteiger partial charge in [0.1, 0.15) is 0 Å². The lowest BCUT2D eigenvalue weighted by Crippen LogP contribution is -2.07. The van der Waals surface area contributed by atoms with Crippen molar-refractivity contribution in [1.82, 2.24) is 0 Å². The molecule has 0 heterocycles. The summed E-state index contributed by atoms with van der Waals surface area (Å²) in [7, 11) is -0.830. The number of hydrogen-bond acceptors (Lipinski definition) is 1. The first kappa shape index (κ1) is 15.2. The van der Waals surface area contributed by atoms with Crippen molar-refractivity contribution in [2.45, 2.75) is 45.4 Å². The molecule has 1 aromatic carbocycles. The van der Waals surface area contributed by atoms with Crippen LogP contribution in [0.1, 0.15) is 45.4 Å². The molecule has 0 aliphatic heterocycles. The van der Waals surface area contributed by atoms with Crippen LogP contribution in [0.5, 0.6) is 0 Å². The van der Waals surface area contributed by atoms with Gasteiger partial charge < -0.3 is 0 Å². The van der Waals surface area contributed by atoms with Crippen LogP contribution in [-0.2, 0) is 10.8 Å². The summed E-state index contributed by atoms with van der Waals surface area (Å²) in [6.45, 7) is 6.06. The molecule has 100 valence electrons. The largest absolute Gasteiger partial charge is 0.255 e. The zero-order valence-corrected chi connectivity index (χ0v) is 12.2. The maximum Gasteiger partial charge on any atom is 0.0461 e. The molecule has 0 spiro atoms. The molecule has 0 aromatic heterocycles. The molecule has 0 N–H and O–H groups in total. The van der Waals surface area contributed by atoms with Crippen LogP contribution in [0.25, 0.3) is 12.0 Å². The molecule has 1 nitrogen and oxygen atoms in total. The van der Waals surface area contributed by atoms with Crippen LogP contribution in [0.3, 0.4) is 0 Å². The molecule has 0 fully saturated rings. The van der Waals surface area contributed by atoms with Crippen molar-refractivity contribution in [1.29, 1.82) is 0 Å². The Morgan fingerprint density at radius 3 is 2.33 bits per heavy atom. The molecule has 0 saturated carbocycles. The monoisotopic (exact) mass is 264 g/mol. The third-order valence-corrected chi connectivity index (χ3v) is 4.17. The van der Waals surface area contributed by atoms with Gasteiger partial charge >= 0.3 is 0 Å². The second-order valence-electron chi connectivity index (χ2n) is 4.71. The molecule has 0 bridgehead atoms. The van der Waals surface area contributed by atoms with Gasteiger partial charge in [0.25, 0.3) is 0 Å². The molecule has 18 heavy (non-hydrogen) atoms. The molecule has 0 amide bonds. The zero-order chi connectivity index (χ0) is 13.2. The maximum atomic E-state index is 11.8. The quantitative estimate of drug-likeness (QED) is 0.660. The minimum Gasteiger partial charge on any atom is -0.255 e. The summed E-state index contributed by atoms with van der Waals surface area (Å²) in [5.41, 5.74) is 0. The molecule has 0 saturated heterocycles. The van der Waals surface area contributed by atoms with Crippen molar-refractivity contribution in [3.63, 3.8) is 0 Å². The van der Waals surface area contributed by atoms with Crippen LogP contribution in [-0.4, -0.2) is 9.96 Å². The lowest BCUT2D eigenvalue weighted by Gasteiger charge is -1.99. The highest BCUT2D eigenvalue weighted by atomic mass is 32.2. The Kier molecular flexibility index (Phi) is 7.66. The zero-order valence-electron chi connectivity index (χ0n) is 11.4. The third kappa shape index (κ3) is 6.75. The van der Waals surface area contributed by atoms with Gasteiger partial charge in [0, 0.05) is 22.0 Å². The smallest absolute Gasteiger partial charge is 0.0461 e. The Balaban J connectivity index is 2.27. The van der Waals surface area contributed by atoms with E-state index in [1.54, 1.807) is 0 Å². The molecule has 1 rings (SSSR count). The van der Waals surface area contributed by atoms with E-state index in [0.29, 0.717) is 0 Å². The Bertz CT molecular complexity index is 441. The van der Waals surface area contributed by atoms with Gasteiger partial charge in [-0.3, -0.25) is 4.21 Å². The Hall–Kier alpha value is -0.890. The van der Waals surface area contributed by atoms with Crippen molar-refractivity contribution < 1.29 is 4.21 Å². The molecule has 2 heteroatoms. The first-order valence-corrected chi connectivity index (χ1v) is 8.24. The van der Waals surface area contributed by atoms with Crippen molar-refractivity contribution in [2.24, 2.45) is 0 Å². The van der Waals surface area contributed by atoms with Crippen LogP contribution in [0.15, 0.2) is 24.3 Å². The van der Waals surface area contributed by atoms with Crippen molar-refractivity contribution >= 4 is 22.8 Å². The molecule has 1 unspecified atom stereocenters. The summed E-state index contributed by atoms with van der Waals surface area (Å²) in [5.74, 6) is 0.790. The van der Waals surface area contributed by atoms with Crippen LogP contribution >= 0.6 is 0 Å². The fraction of sp³-hybridized carbons (Fsp3) is 0.500. The summed E-state index contributed by atoms with van der Waals surface area (Å²) in [4.78, 5) is 0. The van der Waals surface area contributed by atoms with Crippen LogP contribution in [0, 0.1) is 0 Å². The van der Waals surface area contributed by atoms with Crippen LogP contribution in [0.2, 0.25) is 0 Å². The van der Waals surface area contributed by atoms with Crippen molar-refractivity contribution in [2.75, 3.05) is 5.75 Å². The normalized spacial score (nSPS) is 12.3. The average molecular weight is 264 g/mol. The number of rotatable bonds is 8. The molecular formula is C16H24OS. The van der Waals surface area contributed by atoms with Gasteiger partial charge in [-0.25, -0.2) is 0 Å². The summed E-state index contributed by atoms with van der Waals surface area (Å²) in [6, 6.07) is 7.85. The summed E-state index contributed by atoms with van der Waals surface area (Å²) < 4.78 is 11.8. The molecule has 0 radical (unpaired) electrons. The maximum absolute atomic E-state index is 11.8. The minimum absolute atomic E-state index is 0.790. The summed E-state index contributed by atoms with van der Waals surface area (Å²) >= 11 is 0. The third-order valence-electron chi connectivity index (χ3n) is 2.95. The topological polar surface area (TPSA) is 17.1 Å². The van der Waals surface area contributed by atoms with Gasteiger partial charge in [0.2, 0.25) is 0 Å². The first-order chi connectivity index (χ1) is 8.72. The van der Waals surface area contributed by atoms with Gasteiger partial charge in [-0.15, -0.1) is 0 Å². The van der Waals surface area contributed by atoms with E-state index in [1.165, 1.54) is 32.1 Å². The molecule has 1 aromatic rings. The van der Waals surface area contributed by atoms with E-state index in [-0.39, 0.29) is 0 Å². The van der Waals surface area contributed by atoms with Gasteiger partial charge in [0.15, 0.2) is 0 Å². The lowest BCUT2D eigenvalue weighted by molar-refractivity contribution is 0.623. The molecule has 0 aliphatic rings. The van der Waals surface area contributed by atoms with E-state index in [0.717, 1.165) is 22.6 Å². The minimum atomic E-state index is -0.830. The van der Waals surface area contributed by atoms with Gasteiger partial charge in [-0.1, -0.05) is 69.9 Å². The van der Waals surface area contributed by atoms with E-state index in [9.17, 15) is 4.21 Å². The first-order valence-electron chi connectivity index (χ1n) is 6.86. The van der Waals surface area contributed by atoms with Crippen molar-refractivity contribution in [3.05, 3.63) is 34.7 Å². The summed E-state index contributed by atoms with van der Waals surface area (Å²) in [5, 5.41) is 3.88. The molecule has 0 aliphatic carbocycles. The van der Waals surface area contributed by atoms with E-state index in [2.05, 4.69) is 13.5 Å². The Labute approximate surface area is 113 Å². The van der Waals surface area contributed by atoms with E-state index >= 15 is 0 Å². The average Bonchev–Trinajstić information content (AvgIpc) is 2.36. The Morgan fingerprint density at radius 2 is 1.67 bits per heavy atom. The predicted octanol–water partition coefficient (Wildman–Crippen LogP) is 2.94. The number of benzene rings is 1. The second kappa shape index (κ2) is 9.09. The van der Waals surface area contributed by atoms with Crippen LogP contribution in [0.4, 0.5) is 0 Å². The van der Waals surface area contributed by atoms with E-state index < -0.39 is 10.8 Å². The van der Waals surface area contributed by atoms with E-state index in [4.69, 9.17) is 0 Å². The predicted molar refractivity (Wildman–Crippen MR) is 82.1 cm³/mol. The fourth-order valence-corrected chi connectivity index (χ4v) is 2.90. The van der Waals surface area contributed by atoms with Gasteiger partial charge in [0.05, 0.1) is 0 Å². The van der Waals surface area contributed by atoms with E-state index in [1.807, 2.05) is 29.7 Å². The SMILES string of the molecule is C=c1ccc(=CS(=O)CCCCCCCC)cc1. The number of unbranched alkanes of at least 4 members (excludes halogenated alkanes) is 5. The highest BCUT2D eigenvalue weighted by Gasteiger charge is 1.95. The van der Waals surface area contributed by atoms with Crippen molar-refractivity contribution in [3.8, 4) is 0 Å². The van der Waals surface area contributed by atoms with Gasteiger partial charge in [-0.05, 0) is 16.9 Å².